The first kappa shape index (κ1) is 18.5. The molecule has 0 radical (unpaired) electrons. The summed E-state index contributed by atoms with van der Waals surface area (Å²) in [6.07, 6.45) is 2.70. The molecule has 0 spiro atoms. The van der Waals surface area contributed by atoms with Crippen molar-refractivity contribution in [1.82, 2.24) is 9.80 Å². The molecule has 1 rings (SSSR count). The molecule has 22 heavy (non-hydrogen) atoms. The predicted molar refractivity (Wildman–Crippen MR) is 78.9 cm³/mol. The fourth-order valence-corrected chi connectivity index (χ4v) is 2.60. The summed E-state index contributed by atoms with van der Waals surface area (Å²) in [6, 6.07) is -0.993. The van der Waals surface area contributed by atoms with Gasteiger partial charge in [0.05, 0.1) is 6.54 Å². The van der Waals surface area contributed by atoms with Gasteiger partial charge in [-0.15, -0.1) is 6.58 Å². The topological polar surface area (TPSA) is 60.9 Å². The van der Waals surface area contributed by atoms with E-state index in [1.54, 1.807) is 11.0 Å². The van der Waals surface area contributed by atoms with Gasteiger partial charge in [-0.1, -0.05) is 6.08 Å². The van der Waals surface area contributed by atoms with E-state index in [0.717, 1.165) is 0 Å². The van der Waals surface area contributed by atoms with Crippen LogP contribution in [0, 0.1) is 0 Å². The number of amides is 1. The fourth-order valence-electron chi connectivity index (χ4n) is 2.60. The molecule has 0 aliphatic carbocycles. The second-order valence-corrected chi connectivity index (χ2v) is 5.71. The maximum Gasteiger partial charge on any atom is 0.326 e. The van der Waals surface area contributed by atoms with E-state index in [-0.39, 0.29) is 38.3 Å². The van der Waals surface area contributed by atoms with Crippen molar-refractivity contribution in [3.8, 4) is 0 Å². The molecule has 1 aliphatic rings. The van der Waals surface area contributed by atoms with Crippen molar-refractivity contribution in [2.75, 3.05) is 26.7 Å². The van der Waals surface area contributed by atoms with Gasteiger partial charge in [0.2, 0.25) is 5.91 Å². The van der Waals surface area contributed by atoms with Crippen LogP contribution in [-0.4, -0.2) is 65.4 Å². The molecule has 1 atom stereocenters. The third kappa shape index (κ3) is 5.71. The molecule has 0 bridgehead atoms. The minimum absolute atomic E-state index is 0.119. The van der Waals surface area contributed by atoms with Gasteiger partial charge < -0.3 is 10.0 Å². The van der Waals surface area contributed by atoms with E-state index in [0.29, 0.717) is 19.4 Å². The van der Waals surface area contributed by atoms with Crippen LogP contribution < -0.4 is 0 Å². The number of allylic oxidation sites excluding steroid dienone is 1. The number of piperidine rings is 1. The summed E-state index contributed by atoms with van der Waals surface area (Å²) in [5.41, 5.74) is 0. The molecule has 1 amide bonds. The molecule has 0 saturated carbocycles. The van der Waals surface area contributed by atoms with Crippen LogP contribution in [0.3, 0.4) is 0 Å². The van der Waals surface area contributed by atoms with Crippen molar-refractivity contribution in [2.24, 2.45) is 0 Å². The molecule has 1 saturated heterocycles. The number of likely N-dealkylation sites (tertiary alicyclic amines) is 1. The molecular formula is C15H24F2N2O3. The highest BCUT2D eigenvalue weighted by Gasteiger charge is 2.35. The van der Waals surface area contributed by atoms with E-state index in [9.17, 15) is 23.5 Å². The molecule has 1 aliphatic heterocycles. The van der Waals surface area contributed by atoms with Crippen LogP contribution in [0.4, 0.5) is 8.78 Å². The smallest absolute Gasteiger partial charge is 0.326 e. The maximum absolute atomic E-state index is 13.3. The third-order valence-corrected chi connectivity index (χ3v) is 3.90. The molecule has 1 N–H and O–H groups in total. The Morgan fingerprint density at radius 1 is 1.50 bits per heavy atom. The predicted octanol–water partition coefficient (Wildman–Crippen LogP) is 1.99. The van der Waals surface area contributed by atoms with Crippen molar-refractivity contribution in [3.63, 3.8) is 0 Å². The van der Waals surface area contributed by atoms with Crippen molar-refractivity contribution < 1.29 is 23.5 Å². The van der Waals surface area contributed by atoms with Gasteiger partial charge in [-0.25, -0.2) is 13.6 Å². The van der Waals surface area contributed by atoms with E-state index in [1.165, 1.54) is 11.9 Å². The van der Waals surface area contributed by atoms with Crippen LogP contribution in [0.15, 0.2) is 12.7 Å². The lowest BCUT2D eigenvalue weighted by molar-refractivity contribution is -0.149. The number of carboxylic acid groups (broad SMARTS) is 1. The number of carboxylic acids is 1. The number of halogens is 2. The lowest BCUT2D eigenvalue weighted by atomic mass is 10.1. The Morgan fingerprint density at radius 3 is 2.73 bits per heavy atom. The van der Waals surface area contributed by atoms with Gasteiger partial charge in [0, 0.05) is 26.4 Å². The van der Waals surface area contributed by atoms with Crippen molar-refractivity contribution in [2.45, 2.75) is 44.1 Å². The number of nitrogens with zero attached hydrogens (tertiary/aromatic N) is 2. The first-order chi connectivity index (χ1) is 10.3. The molecule has 5 nitrogen and oxygen atoms in total. The quantitative estimate of drug-likeness (QED) is 0.695. The van der Waals surface area contributed by atoms with Crippen LogP contribution in [0.1, 0.15) is 32.1 Å². The summed E-state index contributed by atoms with van der Waals surface area (Å²) < 4.78 is 26.7. The fraction of sp³-hybridized carbons (Fsp3) is 0.733. The molecule has 1 heterocycles. The summed E-state index contributed by atoms with van der Waals surface area (Å²) in [7, 11) is 1.44. The highest BCUT2D eigenvalue weighted by molar-refractivity contribution is 5.83. The van der Waals surface area contributed by atoms with Crippen molar-refractivity contribution >= 4 is 11.9 Å². The van der Waals surface area contributed by atoms with E-state index >= 15 is 0 Å². The summed E-state index contributed by atoms with van der Waals surface area (Å²) >= 11 is 0. The second-order valence-electron chi connectivity index (χ2n) is 5.71. The Labute approximate surface area is 129 Å². The van der Waals surface area contributed by atoms with Gasteiger partial charge in [0.25, 0.3) is 5.92 Å². The van der Waals surface area contributed by atoms with Gasteiger partial charge in [0.1, 0.15) is 6.04 Å². The number of alkyl halides is 2. The SMILES string of the molecule is C=CCCC(=O)N(C)C(CCN1CCCC(F)(F)C1)C(=O)O. The largest absolute Gasteiger partial charge is 0.480 e. The van der Waals surface area contributed by atoms with Gasteiger partial charge >= 0.3 is 5.97 Å². The Balaban J connectivity index is 2.55. The third-order valence-electron chi connectivity index (χ3n) is 3.90. The zero-order chi connectivity index (χ0) is 16.8. The Morgan fingerprint density at radius 2 is 2.18 bits per heavy atom. The minimum Gasteiger partial charge on any atom is -0.480 e. The molecule has 1 fully saturated rings. The Bertz CT molecular complexity index is 416. The summed E-state index contributed by atoms with van der Waals surface area (Å²) in [5.74, 6) is -4.10. The Kier molecular flexibility index (Phi) is 6.93. The van der Waals surface area contributed by atoms with Crippen LogP contribution in [0.5, 0.6) is 0 Å². The van der Waals surface area contributed by atoms with E-state index in [4.69, 9.17) is 0 Å². The van der Waals surface area contributed by atoms with Crippen LogP contribution in [0.2, 0.25) is 0 Å². The zero-order valence-electron chi connectivity index (χ0n) is 12.9. The van der Waals surface area contributed by atoms with Crippen molar-refractivity contribution in [3.05, 3.63) is 12.7 Å². The minimum atomic E-state index is -2.71. The number of hydrogen-bond donors (Lipinski definition) is 1. The first-order valence-electron chi connectivity index (χ1n) is 7.46. The van der Waals surface area contributed by atoms with E-state index in [2.05, 4.69) is 6.58 Å². The maximum atomic E-state index is 13.3. The molecule has 0 aromatic rings. The number of hydrogen-bond acceptors (Lipinski definition) is 3. The molecular weight excluding hydrogens is 294 g/mol. The second kappa shape index (κ2) is 8.22. The molecule has 1 unspecified atom stereocenters. The van der Waals surface area contributed by atoms with Crippen molar-refractivity contribution in [1.29, 1.82) is 0 Å². The van der Waals surface area contributed by atoms with Crippen LogP contribution in [0.25, 0.3) is 0 Å². The van der Waals surface area contributed by atoms with Gasteiger partial charge in [-0.2, -0.15) is 0 Å². The lowest BCUT2D eigenvalue weighted by Crippen LogP contribution is -2.47. The highest BCUT2D eigenvalue weighted by Crippen LogP contribution is 2.26. The first-order valence-corrected chi connectivity index (χ1v) is 7.46. The summed E-state index contributed by atoms with van der Waals surface area (Å²) in [5, 5.41) is 9.27. The number of carbonyl (C=O) groups excluding carboxylic acids is 1. The van der Waals surface area contributed by atoms with Gasteiger partial charge in [0.15, 0.2) is 0 Å². The number of aliphatic carboxylic acids is 1. The lowest BCUT2D eigenvalue weighted by Gasteiger charge is -2.34. The van der Waals surface area contributed by atoms with Gasteiger partial charge in [-0.3, -0.25) is 9.69 Å². The normalized spacial score (nSPS) is 19.4. The van der Waals surface area contributed by atoms with Crippen LogP contribution >= 0.6 is 0 Å². The summed E-state index contributed by atoms with van der Waals surface area (Å²) in [4.78, 5) is 26.0. The number of rotatable bonds is 8. The molecule has 0 aromatic heterocycles. The average molecular weight is 318 g/mol. The molecule has 7 heteroatoms. The summed E-state index contributed by atoms with van der Waals surface area (Å²) in [6.45, 7) is 3.96. The Hall–Kier alpha value is -1.50. The zero-order valence-corrected chi connectivity index (χ0v) is 12.9. The van der Waals surface area contributed by atoms with E-state index < -0.39 is 17.9 Å². The van der Waals surface area contributed by atoms with Gasteiger partial charge in [-0.05, 0) is 25.8 Å². The van der Waals surface area contributed by atoms with E-state index in [1.807, 2.05) is 0 Å². The molecule has 0 aromatic carbocycles. The highest BCUT2D eigenvalue weighted by atomic mass is 19.3. The number of likely N-dealkylation sites (N-methyl/N-ethyl adjacent to an activating group) is 1. The molecule has 126 valence electrons. The monoisotopic (exact) mass is 318 g/mol. The van der Waals surface area contributed by atoms with Crippen LogP contribution in [-0.2, 0) is 9.59 Å². The average Bonchev–Trinajstić information content (AvgIpc) is 2.43. The number of carbonyl (C=O) groups is 2. The standard InChI is InChI=1S/C15H24F2N2O3/c1-3-4-6-13(20)18(2)12(14(21)22)7-10-19-9-5-8-15(16,17)11-19/h3,12H,1,4-11H2,2H3,(H,21,22).